The molecule has 0 spiro atoms. The summed E-state index contributed by atoms with van der Waals surface area (Å²) in [6, 6.07) is 79.8. The standard InChI is InChI=1S/C61H42N2O/c1-61(2)54-36-40(39-15-5-3-6-16-39)25-29-47(54)48-30-27-44(38-55(48)61)62(43-28-34-60-53(37-43)51-22-12-14-24-59(51)64-60)57-33-31-45(46-19-9-10-20-49(46)57)41-26-32-58-52(35-41)50-21-11-13-23-56(50)63(58)42-17-7-4-8-18-42/h3-38H,1-2H3. The largest absolute Gasteiger partial charge is 0.456 e. The van der Waals surface area contributed by atoms with E-state index < -0.39 is 0 Å². The maximum absolute atomic E-state index is 6.36. The number of rotatable bonds is 6. The topological polar surface area (TPSA) is 21.3 Å². The number of furan rings is 1. The van der Waals surface area contributed by atoms with Gasteiger partial charge < -0.3 is 13.9 Å². The van der Waals surface area contributed by atoms with Crippen LogP contribution in [-0.4, -0.2) is 4.57 Å². The van der Waals surface area contributed by atoms with Crippen LogP contribution in [0.15, 0.2) is 223 Å². The molecule has 10 aromatic carbocycles. The molecular weight excluding hydrogens is 777 g/mol. The van der Waals surface area contributed by atoms with Gasteiger partial charge in [-0.3, -0.25) is 0 Å². The Bertz CT molecular complexity index is 3820. The van der Waals surface area contributed by atoms with E-state index in [1.54, 1.807) is 0 Å². The first kappa shape index (κ1) is 36.5. The van der Waals surface area contributed by atoms with Gasteiger partial charge in [0.25, 0.3) is 0 Å². The van der Waals surface area contributed by atoms with Crippen molar-refractivity contribution < 1.29 is 4.42 Å². The summed E-state index contributed by atoms with van der Waals surface area (Å²) in [7, 11) is 0. The molecule has 302 valence electrons. The van der Waals surface area contributed by atoms with Crippen LogP contribution in [0.4, 0.5) is 17.1 Å². The average Bonchev–Trinajstić information content (AvgIpc) is 3.96. The molecule has 0 aliphatic heterocycles. The first-order chi connectivity index (χ1) is 31.5. The third kappa shape index (κ3) is 5.47. The van der Waals surface area contributed by atoms with Gasteiger partial charge in [-0.2, -0.15) is 0 Å². The Balaban J connectivity index is 0.998. The highest BCUT2D eigenvalue weighted by Crippen LogP contribution is 2.52. The van der Waals surface area contributed by atoms with E-state index in [2.05, 4.69) is 236 Å². The van der Waals surface area contributed by atoms with Gasteiger partial charge in [0, 0.05) is 49.4 Å². The molecule has 3 nitrogen and oxygen atoms in total. The van der Waals surface area contributed by atoms with Gasteiger partial charge in [-0.25, -0.2) is 0 Å². The monoisotopic (exact) mass is 818 g/mol. The van der Waals surface area contributed by atoms with Crippen LogP contribution in [0.1, 0.15) is 25.0 Å². The maximum atomic E-state index is 6.36. The fourth-order valence-corrected chi connectivity index (χ4v) is 10.7. The Morgan fingerprint density at radius 1 is 0.375 bits per heavy atom. The lowest BCUT2D eigenvalue weighted by molar-refractivity contribution is 0.660. The number of aromatic nitrogens is 1. The molecule has 12 aromatic rings. The fraction of sp³-hybridized carbons (Fsp3) is 0.0492. The number of hydrogen-bond donors (Lipinski definition) is 0. The summed E-state index contributed by atoms with van der Waals surface area (Å²) >= 11 is 0. The van der Waals surface area contributed by atoms with Crippen LogP contribution in [0.3, 0.4) is 0 Å². The Kier molecular flexibility index (Phi) is 7.95. The molecule has 1 aliphatic carbocycles. The molecule has 0 radical (unpaired) electrons. The number of para-hydroxylation sites is 3. The Morgan fingerprint density at radius 2 is 0.969 bits per heavy atom. The second-order valence-electron chi connectivity index (χ2n) is 17.7. The van der Waals surface area contributed by atoms with Crippen molar-refractivity contribution in [3.63, 3.8) is 0 Å². The zero-order valence-corrected chi connectivity index (χ0v) is 35.6. The number of fused-ring (bicyclic) bond motifs is 10. The molecule has 0 saturated carbocycles. The normalized spacial score (nSPS) is 13.0. The predicted octanol–water partition coefficient (Wildman–Crippen LogP) is 16.9. The lowest BCUT2D eigenvalue weighted by Crippen LogP contribution is -2.17. The maximum Gasteiger partial charge on any atom is 0.135 e. The smallest absolute Gasteiger partial charge is 0.135 e. The summed E-state index contributed by atoms with van der Waals surface area (Å²) in [6.45, 7) is 4.75. The van der Waals surface area contributed by atoms with Crippen LogP contribution in [-0.2, 0) is 5.41 Å². The van der Waals surface area contributed by atoms with Gasteiger partial charge >= 0.3 is 0 Å². The molecule has 0 amide bonds. The summed E-state index contributed by atoms with van der Waals surface area (Å²) in [4.78, 5) is 2.46. The summed E-state index contributed by atoms with van der Waals surface area (Å²) < 4.78 is 8.74. The van der Waals surface area contributed by atoms with Crippen molar-refractivity contribution in [3.05, 3.63) is 230 Å². The van der Waals surface area contributed by atoms with Crippen LogP contribution >= 0.6 is 0 Å². The van der Waals surface area contributed by atoms with Crippen molar-refractivity contribution >= 4 is 71.6 Å². The lowest BCUT2D eigenvalue weighted by Gasteiger charge is -2.29. The highest BCUT2D eigenvalue weighted by molar-refractivity contribution is 6.13. The van der Waals surface area contributed by atoms with E-state index in [0.717, 1.165) is 44.7 Å². The third-order valence-corrected chi connectivity index (χ3v) is 13.8. The minimum absolute atomic E-state index is 0.212. The molecule has 0 atom stereocenters. The molecular formula is C61H42N2O. The summed E-state index contributed by atoms with van der Waals surface area (Å²) in [6.07, 6.45) is 0. The average molecular weight is 819 g/mol. The van der Waals surface area contributed by atoms with E-state index in [9.17, 15) is 0 Å². The highest BCUT2D eigenvalue weighted by Gasteiger charge is 2.36. The molecule has 0 saturated heterocycles. The van der Waals surface area contributed by atoms with Crippen LogP contribution in [0.25, 0.3) is 93.6 Å². The molecule has 3 heteroatoms. The second-order valence-corrected chi connectivity index (χ2v) is 17.7. The van der Waals surface area contributed by atoms with E-state index in [1.807, 2.05) is 6.07 Å². The third-order valence-electron chi connectivity index (χ3n) is 13.8. The highest BCUT2D eigenvalue weighted by atomic mass is 16.3. The van der Waals surface area contributed by atoms with Crippen LogP contribution in [0.5, 0.6) is 0 Å². The molecule has 0 bridgehead atoms. The van der Waals surface area contributed by atoms with Crippen molar-refractivity contribution in [2.45, 2.75) is 19.3 Å². The van der Waals surface area contributed by atoms with Crippen LogP contribution < -0.4 is 4.90 Å². The SMILES string of the molecule is CC1(C)c2cc(-c3ccccc3)ccc2-c2ccc(N(c3ccc4oc5ccccc5c4c3)c3ccc(-c4ccc5c(c4)c4ccccc4n5-c4ccccc4)c4ccccc34)cc21. The molecule has 13 rings (SSSR count). The number of hydrogen-bond acceptors (Lipinski definition) is 2. The zero-order chi connectivity index (χ0) is 42.5. The van der Waals surface area contributed by atoms with Crippen molar-refractivity contribution in [1.29, 1.82) is 0 Å². The van der Waals surface area contributed by atoms with Crippen molar-refractivity contribution in [2.75, 3.05) is 4.90 Å². The zero-order valence-electron chi connectivity index (χ0n) is 35.6. The first-order valence-electron chi connectivity index (χ1n) is 22.2. The quantitative estimate of drug-likeness (QED) is 0.167. The van der Waals surface area contributed by atoms with Gasteiger partial charge in [0.15, 0.2) is 0 Å². The lowest BCUT2D eigenvalue weighted by atomic mass is 9.81. The Morgan fingerprint density at radius 3 is 1.80 bits per heavy atom. The molecule has 0 fully saturated rings. The molecule has 64 heavy (non-hydrogen) atoms. The molecule has 1 aliphatic rings. The molecule has 2 heterocycles. The van der Waals surface area contributed by atoms with Gasteiger partial charge in [-0.1, -0.05) is 153 Å². The molecule has 2 aromatic heterocycles. The molecule has 0 N–H and O–H groups in total. The minimum Gasteiger partial charge on any atom is -0.456 e. The predicted molar refractivity (Wildman–Crippen MR) is 269 cm³/mol. The van der Waals surface area contributed by atoms with Crippen LogP contribution in [0, 0.1) is 0 Å². The Labute approximate surface area is 371 Å². The van der Waals surface area contributed by atoms with Crippen molar-refractivity contribution in [1.82, 2.24) is 4.57 Å². The van der Waals surface area contributed by atoms with Gasteiger partial charge in [-0.15, -0.1) is 0 Å². The van der Waals surface area contributed by atoms with Crippen molar-refractivity contribution in [2.24, 2.45) is 0 Å². The van der Waals surface area contributed by atoms with E-state index in [-0.39, 0.29) is 5.41 Å². The summed E-state index contributed by atoms with van der Waals surface area (Å²) in [5, 5.41) is 7.08. The van der Waals surface area contributed by atoms with E-state index in [0.29, 0.717) is 0 Å². The number of anilines is 3. The van der Waals surface area contributed by atoms with Gasteiger partial charge in [0.1, 0.15) is 11.2 Å². The van der Waals surface area contributed by atoms with Gasteiger partial charge in [-0.05, 0) is 129 Å². The first-order valence-corrected chi connectivity index (χ1v) is 22.2. The second kappa shape index (κ2) is 13.9. The molecule has 0 unspecified atom stereocenters. The summed E-state index contributed by atoms with van der Waals surface area (Å²) in [5.41, 5.74) is 18.6. The van der Waals surface area contributed by atoms with Crippen LogP contribution in [0.2, 0.25) is 0 Å². The fourth-order valence-electron chi connectivity index (χ4n) is 10.7. The Hall–Kier alpha value is -8.14. The van der Waals surface area contributed by atoms with Crippen molar-refractivity contribution in [3.8, 4) is 39.1 Å². The van der Waals surface area contributed by atoms with Gasteiger partial charge in [0.2, 0.25) is 0 Å². The van der Waals surface area contributed by atoms with E-state index in [1.165, 1.54) is 77.1 Å². The number of benzene rings is 10. The van der Waals surface area contributed by atoms with Gasteiger partial charge in [0.05, 0.1) is 16.7 Å². The minimum atomic E-state index is -0.212. The van der Waals surface area contributed by atoms with E-state index >= 15 is 0 Å². The summed E-state index contributed by atoms with van der Waals surface area (Å²) in [5.74, 6) is 0. The van der Waals surface area contributed by atoms with E-state index in [4.69, 9.17) is 4.42 Å². The number of nitrogens with zero attached hydrogens (tertiary/aromatic N) is 2.